The molecule has 1 atom stereocenters. The summed E-state index contributed by atoms with van der Waals surface area (Å²) in [4.78, 5) is 32.0. The largest absolute Gasteiger partial charge is 0.508 e. The smallest absolute Gasteiger partial charge is 0.301 e. The Bertz CT molecular complexity index is 1460. The average Bonchev–Trinajstić information content (AvgIpc) is 3.37. The number of aliphatic hydroxyl groups excluding tert-OH is 1. The minimum atomic E-state index is -1.01. The normalized spacial score (nSPS) is 17.5. The van der Waals surface area contributed by atoms with Crippen molar-refractivity contribution < 1.29 is 28.9 Å². The number of aliphatic hydroxyl groups is 1. The fourth-order valence-electron chi connectivity index (χ4n) is 3.90. The molecule has 170 valence electrons. The number of Topliss-reactive ketones (excluding diaryl/α,β-unsaturated/α-hetero) is 1. The van der Waals surface area contributed by atoms with Gasteiger partial charge in [-0.05, 0) is 60.2 Å². The number of carbonyl (C=O) groups is 2. The van der Waals surface area contributed by atoms with Crippen LogP contribution in [0, 0.1) is 5.82 Å². The Hall–Kier alpha value is -4.24. The van der Waals surface area contributed by atoms with Gasteiger partial charge >= 0.3 is 5.91 Å². The number of halogens is 1. The van der Waals surface area contributed by atoms with Crippen LogP contribution in [-0.4, -0.2) is 34.0 Å². The molecule has 34 heavy (non-hydrogen) atoms. The number of methoxy groups -OCH3 is 1. The van der Waals surface area contributed by atoms with Crippen LogP contribution in [0.1, 0.15) is 17.2 Å². The van der Waals surface area contributed by atoms with Gasteiger partial charge in [-0.1, -0.05) is 23.5 Å². The van der Waals surface area contributed by atoms with E-state index in [1.54, 1.807) is 36.4 Å². The van der Waals surface area contributed by atoms with Crippen LogP contribution < -0.4 is 9.64 Å². The zero-order valence-corrected chi connectivity index (χ0v) is 18.5. The number of nitrogens with zero attached hydrogens (tertiary/aromatic N) is 2. The summed E-state index contributed by atoms with van der Waals surface area (Å²) in [5.74, 6) is -1.97. The van der Waals surface area contributed by atoms with Crippen LogP contribution in [0.2, 0.25) is 0 Å². The molecule has 0 saturated carbocycles. The summed E-state index contributed by atoms with van der Waals surface area (Å²) in [6.45, 7) is 0. The number of aromatic nitrogens is 1. The van der Waals surface area contributed by atoms with E-state index in [-0.39, 0.29) is 22.2 Å². The highest BCUT2D eigenvalue weighted by Crippen LogP contribution is 2.44. The molecule has 5 rings (SSSR count). The molecule has 0 spiro atoms. The first-order valence-electron chi connectivity index (χ1n) is 10.2. The number of hydrogen-bond acceptors (Lipinski definition) is 7. The topological polar surface area (TPSA) is 100.0 Å². The highest BCUT2D eigenvalue weighted by atomic mass is 32.1. The van der Waals surface area contributed by atoms with Crippen molar-refractivity contribution in [3.05, 3.63) is 89.2 Å². The molecule has 0 radical (unpaired) electrons. The van der Waals surface area contributed by atoms with E-state index in [1.807, 2.05) is 0 Å². The Balaban J connectivity index is 1.71. The second-order valence-corrected chi connectivity index (χ2v) is 8.61. The van der Waals surface area contributed by atoms with Gasteiger partial charge in [0.2, 0.25) is 0 Å². The molecule has 1 amide bonds. The SMILES string of the molecule is COc1ccc(/C(O)=C2\C(=O)C(=O)N(c3nc4ccc(F)cc4s3)C2c2ccc(O)cc2)cc1. The van der Waals surface area contributed by atoms with Crippen LogP contribution >= 0.6 is 11.3 Å². The van der Waals surface area contributed by atoms with Gasteiger partial charge in [0.05, 0.1) is 28.9 Å². The fraction of sp³-hybridized carbons (Fsp3) is 0.0800. The Morgan fingerprint density at radius 2 is 1.76 bits per heavy atom. The number of fused-ring (bicyclic) bond motifs is 1. The molecule has 1 unspecified atom stereocenters. The first kappa shape index (κ1) is 21.6. The molecule has 3 aromatic carbocycles. The first-order valence-corrected chi connectivity index (χ1v) is 11.0. The number of amides is 1. The van der Waals surface area contributed by atoms with Gasteiger partial charge in [0, 0.05) is 5.56 Å². The third-order valence-electron chi connectivity index (χ3n) is 5.56. The Kier molecular flexibility index (Phi) is 5.25. The molecule has 1 aliphatic rings. The van der Waals surface area contributed by atoms with Crippen molar-refractivity contribution in [2.45, 2.75) is 6.04 Å². The van der Waals surface area contributed by atoms with E-state index in [0.29, 0.717) is 27.1 Å². The summed E-state index contributed by atoms with van der Waals surface area (Å²) in [6, 6.07) is 15.5. The first-order chi connectivity index (χ1) is 16.4. The molecule has 1 fully saturated rings. The Morgan fingerprint density at radius 3 is 2.44 bits per heavy atom. The van der Waals surface area contributed by atoms with Crippen LogP contribution in [0.15, 0.2) is 72.3 Å². The lowest BCUT2D eigenvalue weighted by atomic mass is 9.95. The lowest BCUT2D eigenvalue weighted by Gasteiger charge is -2.23. The van der Waals surface area contributed by atoms with Gasteiger partial charge in [-0.3, -0.25) is 14.5 Å². The Labute approximate surface area is 197 Å². The second kappa shape index (κ2) is 8.27. The van der Waals surface area contributed by atoms with Crippen LogP contribution in [0.4, 0.5) is 9.52 Å². The highest BCUT2D eigenvalue weighted by Gasteiger charge is 2.48. The molecule has 0 aliphatic carbocycles. The summed E-state index contributed by atoms with van der Waals surface area (Å²) in [6.07, 6.45) is 0. The molecule has 1 saturated heterocycles. The number of thiazole rings is 1. The third-order valence-corrected chi connectivity index (χ3v) is 6.58. The number of ketones is 1. The number of rotatable bonds is 4. The van der Waals surface area contributed by atoms with Gasteiger partial charge in [-0.15, -0.1) is 0 Å². The third kappa shape index (κ3) is 3.56. The fourth-order valence-corrected chi connectivity index (χ4v) is 4.91. The lowest BCUT2D eigenvalue weighted by molar-refractivity contribution is -0.132. The van der Waals surface area contributed by atoms with E-state index in [9.17, 15) is 24.2 Å². The van der Waals surface area contributed by atoms with Crippen LogP contribution in [0.25, 0.3) is 16.0 Å². The summed E-state index contributed by atoms with van der Waals surface area (Å²) in [5.41, 5.74) is 1.17. The van der Waals surface area contributed by atoms with Crippen molar-refractivity contribution in [3.8, 4) is 11.5 Å². The van der Waals surface area contributed by atoms with Gasteiger partial charge < -0.3 is 14.9 Å². The van der Waals surface area contributed by atoms with E-state index in [2.05, 4.69) is 4.98 Å². The van der Waals surface area contributed by atoms with Gasteiger partial charge in [0.25, 0.3) is 5.78 Å². The maximum absolute atomic E-state index is 13.7. The number of phenols is 1. The summed E-state index contributed by atoms with van der Waals surface area (Å²) < 4.78 is 19.4. The number of anilines is 1. The van der Waals surface area contributed by atoms with E-state index in [1.165, 1.54) is 42.3 Å². The minimum absolute atomic E-state index is 0.00585. The molecule has 7 nitrogen and oxygen atoms in total. The monoisotopic (exact) mass is 476 g/mol. The molecule has 2 N–H and O–H groups in total. The van der Waals surface area contributed by atoms with Crippen LogP contribution in [0.5, 0.6) is 11.5 Å². The van der Waals surface area contributed by atoms with Gasteiger partial charge in [-0.25, -0.2) is 9.37 Å². The number of ether oxygens (including phenoxy) is 1. The van der Waals surface area contributed by atoms with E-state index in [4.69, 9.17) is 4.74 Å². The summed E-state index contributed by atoms with van der Waals surface area (Å²) in [7, 11) is 1.51. The zero-order valence-electron chi connectivity index (χ0n) is 17.7. The van der Waals surface area contributed by atoms with E-state index >= 15 is 0 Å². The predicted molar refractivity (Wildman–Crippen MR) is 125 cm³/mol. The standard InChI is InChI=1S/C25H17FN2O5S/c1-33-17-9-4-14(5-10-17)22(30)20-21(13-2-7-16(29)8-3-13)28(24(32)23(20)31)25-27-18-11-6-15(26)12-19(18)34-25/h2-12,21,29-30H,1H3/b22-20+. The van der Waals surface area contributed by atoms with Gasteiger partial charge in [0.1, 0.15) is 23.1 Å². The predicted octanol–water partition coefficient (Wildman–Crippen LogP) is 4.78. The number of phenolic OH excluding ortho intramolecular Hbond substituents is 1. The molecule has 9 heteroatoms. The summed E-state index contributed by atoms with van der Waals surface area (Å²) >= 11 is 1.06. The average molecular weight is 476 g/mol. The zero-order chi connectivity index (χ0) is 24.0. The molecule has 2 heterocycles. The minimum Gasteiger partial charge on any atom is -0.508 e. The van der Waals surface area contributed by atoms with Crippen LogP contribution in [0.3, 0.4) is 0 Å². The number of hydrogen-bond donors (Lipinski definition) is 2. The van der Waals surface area contributed by atoms with Crippen LogP contribution in [-0.2, 0) is 9.59 Å². The number of benzene rings is 3. The van der Waals surface area contributed by atoms with Crippen molar-refractivity contribution in [2.75, 3.05) is 12.0 Å². The molecule has 1 aliphatic heterocycles. The maximum Gasteiger partial charge on any atom is 0.301 e. The summed E-state index contributed by atoms with van der Waals surface area (Å²) in [5, 5.41) is 21.1. The molecular formula is C25H17FN2O5S. The second-order valence-electron chi connectivity index (χ2n) is 7.60. The quantitative estimate of drug-likeness (QED) is 0.250. The molecular weight excluding hydrogens is 459 g/mol. The number of carbonyl (C=O) groups excluding carboxylic acids is 2. The van der Waals surface area contributed by atoms with E-state index in [0.717, 1.165) is 11.3 Å². The molecule has 1 aromatic heterocycles. The lowest BCUT2D eigenvalue weighted by Crippen LogP contribution is -2.29. The van der Waals surface area contributed by atoms with Gasteiger partial charge in [-0.2, -0.15) is 0 Å². The van der Waals surface area contributed by atoms with Crippen molar-refractivity contribution in [2.24, 2.45) is 0 Å². The molecule has 0 bridgehead atoms. The van der Waals surface area contributed by atoms with E-state index < -0.39 is 23.5 Å². The van der Waals surface area contributed by atoms with Crippen molar-refractivity contribution in [1.29, 1.82) is 0 Å². The highest BCUT2D eigenvalue weighted by molar-refractivity contribution is 7.22. The van der Waals surface area contributed by atoms with Crippen molar-refractivity contribution in [3.63, 3.8) is 0 Å². The molecule has 4 aromatic rings. The number of aromatic hydroxyl groups is 1. The van der Waals surface area contributed by atoms with Crippen molar-refractivity contribution >= 4 is 44.1 Å². The van der Waals surface area contributed by atoms with Gasteiger partial charge in [0.15, 0.2) is 5.13 Å². The Morgan fingerprint density at radius 1 is 1.06 bits per heavy atom. The maximum atomic E-state index is 13.7. The van der Waals surface area contributed by atoms with Crippen molar-refractivity contribution in [1.82, 2.24) is 4.98 Å².